The number of pyridine rings is 1. The summed E-state index contributed by atoms with van der Waals surface area (Å²) in [7, 11) is 1.50. The van der Waals surface area contributed by atoms with Crippen LogP contribution in [0.1, 0.15) is 26.5 Å². The van der Waals surface area contributed by atoms with Crippen LogP contribution in [0.15, 0.2) is 29.0 Å². The summed E-state index contributed by atoms with van der Waals surface area (Å²) < 4.78 is 14.1. The Morgan fingerprint density at radius 3 is 2.77 bits per heavy atom. The molecular formula is C15H13N5O5S. The van der Waals surface area contributed by atoms with Crippen LogP contribution in [0.25, 0.3) is 0 Å². The molecule has 1 amide bonds. The van der Waals surface area contributed by atoms with Crippen LogP contribution in [-0.2, 0) is 0 Å². The Kier molecular flexibility index (Phi) is 4.80. The van der Waals surface area contributed by atoms with Crippen molar-refractivity contribution >= 4 is 40.1 Å². The zero-order valence-corrected chi connectivity index (χ0v) is 14.5. The maximum absolute atomic E-state index is 12.6. The molecule has 0 aromatic carbocycles. The molecule has 3 N–H and O–H groups in total. The van der Waals surface area contributed by atoms with Gasteiger partial charge in [-0.25, -0.2) is 9.78 Å². The van der Waals surface area contributed by atoms with E-state index >= 15 is 0 Å². The van der Waals surface area contributed by atoms with Gasteiger partial charge in [0.1, 0.15) is 11.3 Å². The minimum absolute atomic E-state index is 0.0498. The quantitative estimate of drug-likeness (QED) is 0.593. The van der Waals surface area contributed by atoms with Crippen LogP contribution in [0.2, 0.25) is 0 Å². The SMILES string of the molecule is COc1ccc(NC(=O)c2c(C)nsc2Nc2nc(C(=O)O)co2)cn1. The number of nitrogens with zero attached hydrogens (tertiary/aromatic N) is 3. The van der Waals surface area contributed by atoms with Crippen LogP contribution < -0.4 is 15.4 Å². The van der Waals surface area contributed by atoms with E-state index in [0.29, 0.717) is 27.8 Å². The summed E-state index contributed by atoms with van der Waals surface area (Å²) >= 11 is 1.03. The van der Waals surface area contributed by atoms with Gasteiger partial charge in [0.2, 0.25) is 5.88 Å². The van der Waals surface area contributed by atoms with Crippen molar-refractivity contribution in [3.05, 3.63) is 41.5 Å². The Bertz CT molecular complexity index is 950. The van der Waals surface area contributed by atoms with Gasteiger partial charge in [0.15, 0.2) is 5.69 Å². The molecule has 0 unspecified atom stereocenters. The number of hydrogen-bond acceptors (Lipinski definition) is 9. The van der Waals surface area contributed by atoms with E-state index in [2.05, 4.69) is 25.0 Å². The molecule has 0 aliphatic carbocycles. The fourth-order valence-electron chi connectivity index (χ4n) is 2.02. The Labute approximate surface area is 151 Å². The highest BCUT2D eigenvalue weighted by molar-refractivity contribution is 7.10. The smallest absolute Gasteiger partial charge is 0.357 e. The zero-order valence-electron chi connectivity index (χ0n) is 13.6. The minimum atomic E-state index is -1.22. The van der Waals surface area contributed by atoms with Crippen molar-refractivity contribution in [3.8, 4) is 5.88 Å². The van der Waals surface area contributed by atoms with E-state index in [-0.39, 0.29) is 11.7 Å². The fraction of sp³-hybridized carbons (Fsp3) is 0.133. The van der Waals surface area contributed by atoms with Gasteiger partial charge in [0.05, 0.1) is 30.3 Å². The van der Waals surface area contributed by atoms with E-state index in [1.807, 2.05) is 0 Å². The summed E-state index contributed by atoms with van der Waals surface area (Å²) in [4.78, 5) is 31.2. The number of carbonyl (C=O) groups is 2. The highest BCUT2D eigenvalue weighted by Crippen LogP contribution is 2.28. The number of aromatic carboxylic acids is 1. The number of rotatable bonds is 6. The van der Waals surface area contributed by atoms with Gasteiger partial charge in [-0.1, -0.05) is 0 Å². The van der Waals surface area contributed by atoms with E-state index in [1.54, 1.807) is 19.1 Å². The molecule has 26 heavy (non-hydrogen) atoms. The molecule has 0 aliphatic rings. The Morgan fingerprint density at radius 1 is 1.35 bits per heavy atom. The van der Waals surface area contributed by atoms with Gasteiger partial charge in [0.25, 0.3) is 5.91 Å². The van der Waals surface area contributed by atoms with Crippen LogP contribution >= 0.6 is 11.5 Å². The lowest BCUT2D eigenvalue weighted by Crippen LogP contribution is -2.14. The molecule has 0 bridgehead atoms. The number of methoxy groups -OCH3 is 1. The lowest BCUT2D eigenvalue weighted by Gasteiger charge is -2.07. The number of oxazole rings is 1. The molecule has 0 fully saturated rings. The molecule has 0 spiro atoms. The molecule has 11 heteroatoms. The zero-order chi connectivity index (χ0) is 18.7. The predicted molar refractivity (Wildman–Crippen MR) is 92.3 cm³/mol. The number of nitrogens with one attached hydrogen (secondary N) is 2. The average molecular weight is 375 g/mol. The highest BCUT2D eigenvalue weighted by atomic mass is 32.1. The number of carboxylic acids is 1. The van der Waals surface area contributed by atoms with Crippen molar-refractivity contribution in [1.29, 1.82) is 0 Å². The van der Waals surface area contributed by atoms with E-state index < -0.39 is 11.9 Å². The van der Waals surface area contributed by atoms with Crippen LogP contribution in [0.3, 0.4) is 0 Å². The summed E-state index contributed by atoms with van der Waals surface area (Å²) in [6.45, 7) is 1.68. The van der Waals surface area contributed by atoms with Gasteiger partial charge in [0, 0.05) is 6.07 Å². The maximum Gasteiger partial charge on any atom is 0.357 e. The number of anilines is 3. The van der Waals surface area contributed by atoms with Crippen molar-refractivity contribution in [2.45, 2.75) is 6.92 Å². The number of aromatic nitrogens is 3. The second-order valence-corrected chi connectivity index (χ2v) is 5.76. The first-order valence-corrected chi connectivity index (χ1v) is 7.98. The molecule has 0 atom stereocenters. The van der Waals surface area contributed by atoms with Crippen molar-refractivity contribution in [1.82, 2.24) is 14.3 Å². The summed E-state index contributed by atoms with van der Waals surface area (Å²) in [5, 5.41) is 14.7. The largest absolute Gasteiger partial charge is 0.481 e. The molecule has 3 rings (SSSR count). The molecule has 10 nitrogen and oxygen atoms in total. The van der Waals surface area contributed by atoms with Crippen molar-refractivity contribution in [3.63, 3.8) is 0 Å². The number of carboxylic acid groups (broad SMARTS) is 1. The van der Waals surface area contributed by atoms with E-state index in [0.717, 1.165) is 17.8 Å². The number of hydrogen-bond donors (Lipinski definition) is 3. The van der Waals surface area contributed by atoms with Crippen LogP contribution in [0.5, 0.6) is 5.88 Å². The van der Waals surface area contributed by atoms with Crippen LogP contribution in [0, 0.1) is 6.92 Å². The molecule has 3 heterocycles. The number of carbonyl (C=O) groups excluding carboxylic acids is 1. The van der Waals surface area contributed by atoms with Gasteiger partial charge >= 0.3 is 12.0 Å². The third-order valence-corrected chi connectivity index (χ3v) is 4.09. The summed E-state index contributed by atoms with van der Waals surface area (Å²) in [6, 6.07) is 3.22. The van der Waals surface area contributed by atoms with E-state index in [1.165, 1.54) is 13.3 Å². The van der Waals surface area contributed by atoms with E-state index in [4.69, 9.17) is 14.3 Å². The molecule has 3 aromatic rings. The molecule has 0 saturated heterocycles. The Hall–Kier alpha value is -3.47. The second kappa shape index (κ2) is 7.19. The van der Waals surface area contributed by atoms with Gasteiger partial charge in [-0.3, -0.25) is 10.1 Å². The summed E-state index contributed by atoms with van der Waals surface area (Å²) in [5.74, 6) is -1.19. The number of ether oxygens (including phenoxy) is 1. The molecule has 0 aliphatic heterocycles. The van der Waals surface area contributed by atoms with Gasteiger partial charge < -0.3 is 19.6 Å². The first-order valence-electron chi connectivity index (χ1n) is 7.21. The first kappa shape index (κ1) is 17.4. The topological polar surface area (TPSA) is 139 Å². The lowest BCUT2D eigenvalue weighted by atomic mass is 10.2. The van der Waals surface area contributed by atoms with Gasteiger partial charge in [-0.2, -0.15) is 9.36 Å². The Balaban J connectivity index is 1.79. The van der Waals surface area contributed by atoms with Gasteiger partial charge in [-0.05, 0) is 24.5 Å². The van der Waals surface area contributed by atoms with Crippen LogP contribution in [-0.4, -0.2) is 38.4 Å². The molecule has 0 radical (unpaired) electrons. The van der Waals surface area contributed by atoms with Crippen molar-refractivity contribution < 1.29 is 23.8 Å². The standard InChI is InChI=1S/C15H13N5O5S/c1-7-11(12(21)17-8-3-4-10(24-2)16-5-8)13(26-20-7)19-15-18-9(6-25-15)14(22)23/h3-6H,1-2H3,(H,17,21)(H,18,19)(H,22,23). The Morgan fingerprint density at radius 2 is 2.15 bits per heavy atom. The highest BCUT2D eigenvalue weighted by Gasteiger charge is 2.21. The van der Waals surface area contributed by atoms with Crippen molar-refractivity contribution in [2.75, 3.05) is 17.7 Å². The number of amides is 1. The summed E-state index contributed by atoms with van der Waals surface area (Å²) in [6.07, 6.45) is 2.47. The fourth-order valence-corrected chi connectivity index (χ4v) is 2.80. The second-order valence-electron chi connectivity index (χ2n) is 4.98. The normalized spacial score (nSPS) is 10.4. The van der Waals surface area contributed by atoms with Gasteiger partial charge in [-0.15, -0.1) is 0 Å². The lowest BCUT2D eigenvalue weighted by molar-refractivity contribution is 0.0690. The van der Waals surface area contributed by atoms with Crippen molar-refractivity contribution in [2.24, 2.45) is 0 Å². The molecule has 134 valence electrons. The average Bonchev–Trinajstić information content (AvgIpc) is 3.23. The molecule has 3 aromatic heterocycles. The monoisotopic (exact) mass is 375 g/mol. The summed E-state index contributed by atoms with van der Waals surface area (Å²) in [5.41, 5.74) is 1.03. The third-order valence-electron chi connectivity index (χ3n) is 3.24. The third kappa shape index (κ3) is 3.62. The number of aryl methyl sites for hydroxylation is 1. The van der Waals surface area contributed by atoms with Crippen LogP contribution in [0.4, 0.5) is 16.7 Å². The van der Waals surface area contributed by atoms with E-state index in [9.17, 15) is 9.59 Å². The minimum Gasteiger partial charge on any atom is -0.481 e. The first-order chi connectivity index (χ1) is 12.5. The predicted octanol–water partition coefficient (Wildman–Crippen LogP) is 2.54. The maximum atomic E-state index is 12.6. The molecular weight excluding hydrogens is 362 g/mol. The molecule has 0 saturated carbocycles.